The van der Waals surface area contributed by atoms with Crippen molar-refractivity contribution in [2.24, 2.45) is 0 Å². The lowest BCUT2D eigenvalue weighted by atomic mass is 10.1. The van der Waals surface area contributed by atoms with E-state index in [1.165, 1.54) is 5.01 Å². The molecule has 0 radical (unpaired) electrons. The lowest BCUT2D eigenvalue weighted by Gasteiger charge is -2.41. The number of amides is 1. The van der Waals surface area contributed by atoms with Crippen molar-refractivity contribution in [1.29, 1.82) is 0 Å². The van der Waals surface area contributed by atoms with Gasteiger partial charge in [-0.2, -0.15) is 0 Å². The fourth-order valence-electron chi connectivity index (χ4n) is 1.91. The Kier molecular flexibility index (Phi) is 4.82. The molecule has 0 saturated carbocycles. The van der Waals surface area contributed by atoms with Crippen molar-refractivity contribution in [2.75, 3.05) is 7.05 Å². The molecule has 3 atom stereocenters. The Hall–Kier alpha value is -0.433. The third-order valence-corrected chi connectivity index (χ3v) is 8.71. The molecule has 1 fully saturated rings. The van der Waals surface area contributed by atoms with Gasteiger partial charge in [-0.15, -0.1) is 0 Å². The molecular formula is C13H28N2O3Si. The van der Waals surface area contributed by atoms with Crippen LogP contribution in [-0.2, 0) is 9.22 Å². The summed E-state index contributed by atoms with van der Waals surface area (Å²) in [6.45, 7) is 12.5. The molecule has 0 spiro atoms. The summed E-state index contributed by atoms with van der Waals surface area (Å²) in [7, 11) is -0.270. The van der Waals surface area contributed by atoms with Gasteiger partial charge in [0, 0.05) is 13.5 Å². The minimum absolute atomic E-state index is 0.0366. The predicted octanol–water partition coefficient (Wildman–Crippen LogP) is 1.49. The van der Waals surface area contributed by atoms with Gasteiger partial charge < -0.3 is 9.53 Å². The van der Waals surface area contributed by atoms with E-state index in [4.69, 9.17) is 4.43 Å². The van der Waals surface area contributed by atoms with Gasteiger partial charge in [0.1, 0.15) is 0 Å². The van der Waals surface area contributed by atoms with Crippen LogP contribution < -0.4 is 5.43 Å². The molecule has 0 unspecified atom stereocenters. The van der Waals surface area contributed by atoms with E-state index < -0.39 is 14.4 Å². The summed E-state index contributed by atoms with van der Waals surface area (Å²) in [5, 5.41) is 11.6. The third kappa shape index (κ3) is 3.78. The van der Waals surface area contributed by atoms with E-state index >= 15 is 0 Å². The van der Waals surface area contributed by atoms with Gasteiger partial charge in [-0.05, 0) is 25.1 Å². The van der Waals surface area contributed by atoms with Crippen LogP contribution in [0.1, 0.15) is 34.1 Å². The fraction of sp³-hybridized carbons (Fsp3) is 0.923. The van der Waals surface area contributed by atoms with Gasteiger partial charge in [0.05, 0.1) is 18.2 Å². The second-order valence-corrected chi connectivity index (χ2v) is 11.7. The predicted molar refractivity (Wildman–Crippen MR) is 78.1 cm³/mol. The number of nitrogens with one attached hydrogen (secondary N) is 1. The van der Waals surface area contributed by atoms with Gasteiger partial charge in [-0.3, -0.25) is 9.80 Å². The molecule has 1 aliphatic heterocycles. The highest BCUT2D eigenvalue weighted by atomic mass is 28.4. The number of hydrogen-bond acceptors (Lipinski definition) is 4. The number of aliphatic hydroxyl groups is 1. The molecule has 112 valence electrons. The van der Waals surface area contributed by atoms with Gasteiger partial charge in [0.15, 0.2) is 8.32 Å². The van der Waals surface area contributed by atoms with Crippen LogP contribution in [0.2, 0.25) is 18.1 Å². The number of carbonyl (C=O) groups is 1. The zero-order chi connectivity index (χ0) is 15.0. The quantitative estimate of drug-likeness (QED) is 0.770. The van der Waals surface area contributed by atoms with Crippen molar-refractivity contribution >= 4 is 14.2 Å². The highest BCUT2D eigenvalue weighted by Crippen LogP contribution is 2.38. The molecule has 1 heterocycles. The smallest absolute Gasteiger partial charge is 0.238 e. The molecule has 0 bridgehead atoms. The summed E-state index contributed by atoms with van der Waals surface area (Å²) in [6, 6.07) is -0.147. The Morgan fingerprint density at radius 1 is 1.47 bits per heavy atom. The van der Waals surface area contributed by atoms with E-state index in [0.29, 0.717) is 6.42 Å². The standard InChI is InChI=1S/C13H28N2O3Si/c1-9(16)12(10-8-11(17)15(5)14-10)18-19(6,7)13(2,3)4/h9-10,12,14,16H,8H2,1-7H3/t9-,10+,12-/m0/s1. The number of hydrogen-bond donors (Lipinski definition) is 2. The number of hydrazine groups is 1. The van der Waals surface area contributed by atoms with Gasteiger partial charge >= 0.3 is 0 Å². The van der Waals surface area contributed by atoms with Gasteiger partial charge in [-0.25, -0.2) is 5.43 Å². The molecule has 1 rings (SSSR count). The first-order chi connectivity index (χ1) is 8.45. The summed E-state index contributed by atoms with van der Waals surface area (Å²) in [5.41, 5.74) is 3.08. The average molecular weight is 288 g/mol. The van der Waals surface area contributed by atoms with Crippen LogP contribution in [-0.4, -0.2) is 49.6 Å². The van der Waals surface area contributed by atoms with Crippen molar-refractivity contribution in [3.8, 4) is 0 Å². The Bertz CT molecular complexity index is 339. The molecule has 6 heteroatoms. The molecule has 0 aromatic carbocycles. The lowest BCUT2D eigenvalue weighted by Crippen LogP contribution is -2.53. The maximum atomic E-state index is 11.6. The first kappa shape index (κ1) is 16.6. The van der Waals surface area contributed by atoms with Crippen LogP contribution in [0, 0.1) is 0 Å². The number of nitrogens with zero attached hydrogens (tertiary/aromatic N) is 1. The maximum absolute atomic E-state index is 11.6. The van der Waals surface area contributed by atoms with E-state index in [2.05, 4.69) is 39.3 Å². The second-order valence-electron chi connectivity index (χ2n) is 6.98. The molecule has 0 aromatic heterocycles. The highest BCUT2D eigenvalue weighted by Gasteiger charge is 2.44. The Morgan fingerprint density at radius 3 is 2.32 bits per heavy atom. The normalized spacial score (nSPS) is 24.7. The first-order valence-electron chi connectivity index (χ1n) is 6.84. The molecule has 19 heavy (non-hydrogen) atoms. The second kappa shape index (κ2) is 5.52. The van der Waals surface area contributed by atoms with E-state index in [9.17, 15) is 9.90 Å². The summed E-state index contributed by atoms with van der Waals surface area (Å²) in [4.78, 5) is 11.6. The van der Waals surface area contributed by atoms with Gasteiger partial charge in [0.2, 0.25) is 5.91 Å². The average Bonchev–Trinajstić information content (AvgIpc) is 2.53. The van der Waals surface area contributed by atoms with E-state index in [0.717, 1.165) is 0 Å². The topological polar surface area (TPSA) is 61.8 Å². The minimum Gasteiger partial charge on any atom is -0.410 e. The molecule has 0 aliphatic carbocycles. The van der Waals surface area contributed by atoms with Crippen LogP contribution in [0.4, 0.5) is 0 Å². The van der Waals surface area contributed by atoms with Crippen molar-refractivity contribution in [3.05, 3.63) is 0 Å². The van der Waals surface area contributed by atoms with E-state index in [-0.39, 0.29) is 23.1 Å². The SMILES string of the molecule is C[C@H](O)[C@H](O[Si](C)(C)C(C)(C)C)[C@H]1CC(=O)N(C)N1. The Labute approximate surface area is 117 Å². The summed E-state index contributed by atoms with van der Waals surface area (Å²) in [5.74, 6) is 0.0366. The third-order valence-electron chi connectivity index (χ3n) is 4.24. The fourth-order valence-corrected chi connectivity index (χ4v) is 3.31. The Balaban J connectivity index is 2.83. The summed E-state index contributed by atoms with van der Waals surface area (Å²) < 4.78 is 6.29. The molecule has 0 aromatic rings. The zero-order valence-corrected chi connectivity index (χ0v) is 14.2. The minimum atomic E-state index is -1.97. The lowest BCUT2D eigenvalue weighted by molar-refractivity contribution is -0.128. The van der Waals surface area contributed by atoms with Crippen LogP contribution in [0.5, 0.6) is 0 Å². The summed E-state index contributed by atoms with van der Waals surface area (Å²) >= 11 is 0. The largest absolute Gasteiger partial charge is 0.410 e. The van der Waals surface area contributed by atoms with Gasteiger partial charge in [0.25, 0.3) is 0 Å². The van der Waals surface area contributed by atoms with E-state index in [1.54, 1.807) is 14.0 Å². The maximum Gasteiger partial charge on any atom is 0.238 e. The van der Waals surface area contributed by atoms with Crippen molar-refractivity contribution in [1.82, 2.24) is 10.4 Å². The number of carbonyl (C=O) groups excluding carboxylic acids is 1. The van der Waals surface area contributed by atoms with Gasteiger partial charge in [-0.1, -0.05) is 20.8 Å². The Morgan fingerprint density at radius 2 is 2.00 bits per heavy atom. The molecule has 1 aliphatic rings. The zero-order valence-electron chi connectivity index (χ0n) is 13.2. The molecule has 2 N–H and O–H groups in total. The van der Waals surface area contributed by atoms with Crippen molar-refractivity contribution in [2.45, 2.75) is 70.5 Å². The van der Waals surface area contributed by atoms with Crippen LogP contribution in [0.25, 0.3) is 0 Å². The van der Waals surface area contributed by atoms with E-state index in [1.807, 2.05) is 0 Å². The van der Waals surface area contributed by atoms with Crippen molar-refractivity contribution in [3.63, 3.8) is 0 Å². The molecule has 5 nitrogen and oxygen atoms in total. The first-order valence-corrected chi connectivity index (χ1v) is 9.75. The summed E-state index contributed by atoms with van der Waals surface area (Å²) in [6.07, 6.45) is -0.582. The number of rotatable bonds is 4. The van der Waals surface area contributed by atoms with Crippen LogP contribution in [0.3, 0.4) is 0 Å². The highest BCUT2D eigenvalue weighted by molar-refractivity contribution is 6.74. The number of aliphatic hydroxyl groups excluding tert-OH is 1. The monoisotopic (exact) mass is 288 g/mol. The van der Waals surface area contributed by atoms with Crippen LogP contribution >= 0.6 is 0 Å². The van der Waals surface area contributed by atoms with Crippen LogP contribution in [0.15, 0.2) is 0 Å². The van der Waals surface area contributed by atoms with Crippen molar-refractivity contribution < 1.29 is 14.3 Å². The molecular weight excluding hydrogens is 260 g/mol. The molecule has 1 saturated heterocycles. The molecule has 1 amide bonds.